The zero-order chi connectivity index (χ0) is 10.7. The van der Waals surface area contributed by atoms with E-state index in [0.29, 0.717) is 12.6 Å². The van der Waals surface area contributed by atoms with Crippen molar-refractivity contribution in [2.75, 3.05) is 26.3 Å². The van der Waals surface area contributed by atoms with Crippen LogP contribution < -0.4 is 0 Å². The highest BCUT2D eigenvalue weighted by Gasteiger charge is 2.36. The second kappa shape index (κ2) is 4.62. The molecule has 15 heavy (non-hydrogen) atoms. The number of rotatable bonds is 3. The van der Waals surface area contributed by atoms with Crippen LogP contribution in [-0.2, 0) is 9.53 Å². The third kappa shape index (κ3) is 2.40. The maximum atomic E-state index is 11.3. The van der Waals surface area contributed by atoms with Gasteiger partial charge in [-0.25, -0.2) is 0 Å². The fourth-order valence-corrected chi connectivity index (χ4v) is 2.76. The fraction of sp³-hybridized carbons (Fsp3) is 0.917. The van der Waals surface area contributed by atoms with E-state index >= 15 is 0 Å². The third-order valence-corrected chi connectivity index (χ3v) is 3.81. The van der Waals surface area contributed by atoms with Crippen molar-refractivity contribution in [1.82, 2.24) is 4.90 Å². The highest BCUT2D eigenvalue weighted by atomic mass is 16.5. The SMILES string of the molecule is CC1CCCN1CC1(C=O)CCCOC1. The highest BCUT2D eigenvalue weighted by molar-refractivity contribution is 5.60. The number of likely N-dealkylation sites (tertiary alicyclic amines) is 1. The number of ether oxygens (including phenoxy) is 1. The van der Waals surface area contributed by atoms with Gasteiger partial charge in [-0.05, 0) is 39.2 Å². The van der Waals surface area contributed by atoms with Crippen molar-refractivity contribution in [3.63, 3.8) is 0 Å². The topological polar surface area (TPSA) is 29.5 Å². The molecule has 0 aromatic heterocycles. The Morgan fingerprint density at radius 3 is 2.93 bits per heavy atom. The summed E-state index contributed by atoms with van der Waals surface area (Å²) in [7, 11) is 0. The third-order valence-electron chi connectivity index (χ3n) is 3.81. The molecule has 2 aliphatic heterocycles. The zero-order valence-electron chi connectivity index (χ0n) is 9.58. The number of aldehydes is 1. The Bertz CT molecular complexity index is 224. The van der Waals surface area contributed by atoms with Gasteiger partial charge in [0.05, 0.1) is 12.0 Å². The van der Waals surface area contributed by atoms with Crippen molar-refractivity contribution in [2.45, 2.75) is 38.6 Å². The first kappa shape index (κ1) is 11.1. The van der Waals surface area contributed by atoms with E-state index < -0.39 is 0 Å². The molecule has 86 valence electrons. The molecular formula is C12H21NO2. The number of carbonyl (C=O) groups excluding carboxylic acids is 1. The number of hydrogen-bond donors (Lipinski definition) is 0. The smallest absolute Gasteiger partial charge is 0.129 e. The minimum absolute atomic E-state index is 0.211. The van der Waals surface area contributed by atoms with Crippen molar-refractivity contribution in [2.24, 2.45) is 5.41 Å². The largest absolute Gasteiger partial charge is 0.380 e. The van der Waals surface area contributed by atoms with E-state index in [2.05, 4.69) is 11.8 Å². The molecule has 0 aliphatic carbocycles. The van der Waals surface area contributed by atoms with Gasteiger partial charge in [0.25, 0.3) is 0 Å². The van der Waals surface area contributed by atoms with Gasteiger partial charge in [-0.1, -0.05) is 0 Å². The average Bonchev–Trinajstić information content (AvgIpc) is 2.66. The Morgan fingerprint density at radius 2 is 2.40 bits per heavy atom. The average molecular weight is 211 g/mol. The number of hydrogen-bond acceptors (Lipinski definition) is 3. The minimum Gasteiger partial charge on any atom is -0.380 e. The van der Waals surface area contributed by atoms with Crippen LogP contribution in [0.3, 0.4) is 0 Å². The van der Waals surface area contributed by atoms with Gasteiger partial charge in [0, 0.05) is 19.2 Å². The zero-order valence-corrected chi connectivity index (χ0v) is 9.58. The van der Waals surface area contributed by atoms with Gasteiger partial charge in [0.2, 0.25) is 0 Å². The van der Waals surface area contributed by atoms with Crippen LogP contribution in [0.1, 0.15) is 32.6 Å². The van der Waals surface area contributed by atoms with Crippen LogP contribution in [0.4, 0.5) is 0 Å². The van der Waals surface area contributed by atoms with Crippen LogP contribution in [-0.4, -0.2) is 43.5 Å². The second-order valence-corrected chi connectivity index (χ2v) is 5.10. The monoisotopic (exact) mass is 211 g/mol. The Morgan fingerprint density at radius 1 is 1.53 bits per heavy atom. The number of nitrogens with zero attached hydrogens (tertiary/aromatic N) is 1. The summed E-state index contributed by atoms with van der Waals surface area (Å²) in [6.07, 6.45) is 5.71. The fourth-order valence-electron chi connectivity index (χ4n) is 2.76. The maximum Gasteiger partial charge on any atom is 0.129 e. The lowest BCUT2D eigenvalue weighted by molar-refractivity contribution is -0.125. The summed E-state index contributed by atoms with van der Waals surface area (Å²) < 4.78 is 5.46. The lowest BCUT2D eigenvalue weighted by Crippen LogP contribution is -2.45. The Kier molecular flexibility index (Phi) is 3.42. The molecule has 0 saturated carbocycles. The van der Waals surface area contributed by atoms with Crippen LogP contribution in [0.25, 0.3) is 0 Å². The molecule has 0 amide bonds. The summed E-state index contributed by atoms with van der Waals surface area (Å²) in [5.41, 5.74) is -0.211. The van der Waals surface area contributed by atoms with Crippen molar-refractivity contribution >= 4 is 6.29 Å². The van der Waals surface area contributed by atoms with Crippen molar-refractivity contribution in [1.29, 1.82) is 0 Å². The van der Waals surface area contributed by atoms with E-state index in [0.717, 1.165) is 38.8 Å². The van der Waals surface area contributed by atoms with Gasteiger partial charge >= 0.3 is 0 Å². The van der Waals surface area contributed by atoms with E-state index in [4.69, 9.17) is 4.74 Å². The molecule has 2 rings (SSSR count). The number of carbonyl (C=O) groups is 1. The van der Waals surface area contributed by atoms with Crippen LogP contribution in [0.15, 0.2) is 0 Å². The van der Waals surface area contributed by atoms with Gasteiger partial charge in [0.15, 0.2) is 0 Å². The summed E-state index contributed by atoms with van der Waals surface area (Å²) in [5, 5.41) is 0. The van der Waals surface area contributed by atoms with E-state index in [1.807, 2.05) is 0 Å². The van der Waals surface area contributed by atoms with Crippen molar-refractivity contribution < 1.29 is 9.53 Å². The van der Waals surface area contributed by atoms with Crippen LogP contribution in [0.2, 0.25) is 0 Å². The van der Waals surface area contributed by atoms with E-state index in [9.17, 15) is 4.79 Å². The minimum atomic E-state index is -0.211. The molecule has 0 spiro atoms. The first-order chi connectivity index (χ1) is 7.26. The molecule has 3 nitrogen and oxygen atoms in total. The van der Waals surface area contributed by atoms with Crippen molar-refractivity contribution in [3.05, 3.63) is 0 Å². The van der Waals surface area contributed by atoms with Crippen LogP contribution in [0, 0.1) is 5.41 Å². The van der Waals surface area contributed by atoms with E-state index in [1.165, 1.54) is 12.8 Å². The summed E-state index contributed by atoms with van der Waals surface area (Å²) in [6.45, 7) is 5.76. The van der Waals surface area contributed by atoms with Gasteiger partial charge in [-0.3, -0.25) is 4.90 Å². The van der Waals surface area contributed by atoms with Crippen molar-refractivity contribution in [3.8, 4) is 0 Å². The molecule has 2 heterocycles. The van der Waals surface area contributed by atoms with Gasteiger partial charge in [-0.2, -0.15) is 0 Å². The summed E-state index contributed by atoms with van der Waals surface area (Å²) in [6, 6.07) is 0.642. The molecule has 0 aromatic carbocycles. The molecule has 3 heteroatoms. The predicted octanol–water partition coefficient (Wildman–Crippen LogP) is 1.47. The molecule has 0 aromatic rings. The van der Waals surface area contributed by atoms with Crippen LogP contribution in [0.5, 0.6) is 0 Å². The first-order valence-corrected chi connectivity index (χ1v) is 6.04. The first-order valence-electron chi connectivity index (χ1n) is 6.04. The lowest BCUT2D eigenvalue weighted by atomic mass is 9.83. The molecule has 2 saturated heterocycles. The molecule has 0 N–H and O–H groups in total. The standard InChI is InChI=1S/C12H21NO2/c1-11-4-2-6-13(11)8-12(9-14)5-3-7-15-10-12/h9,11H,2-8,10H2,1H3. The molecule has 0 radical (unpaired) electrons. The Labute approximate surface area is 91.8 Å². The van der Waals surface area contributed by atoms with Gasteiger partial charge in [0.1, 0.15) is 6.29 Å². The van der Waals surface area contributed by atoms with E-state index in [-0.39, 0.29) is 5.41 Å². The Hall–Kier alpha value is -0.410. The summed E-state index contributed by atoms with van der Waals surface area (Å²) in [4.78, 5) is 13.7. The molecule has 2 fully saturated rings. The quantitative estimate of drug-likeness (QED) is 0.662. The molecule has 2 unspecified atom stereocenters. The van der Waals surface area contributed by atoms with Crippen LogP contribution >= 0.6 is 0 Å². The molecular weight excluding hydrogens is 190 g/mol. The second-order valence-electron chi connectivity index (χ2n) is 5.10. The lowest BCUT2D eigenvalue weighted by Gasteiger charge is -2.36. The van der Waals surface area contributed by atoms with Gasteiger partial charge < -0.3 is 9.53 Å². The Balaban J connectivity index is 1.97. The summed E-state index contributed by atoms with van der Waals surface area (Å²) >= 11 is 0. The van der Waals surface area contributed by atoms with E-state index in [1.54, 1.807) is 0 Å². The molecule has 2 aliphatic rings. The highest BCUT2D eigenvalue weighted by Crippen LogP contribution is 2.30. The molecule has 0 bridgehead atoms. The molecule has 2 atom stereocenters. The predicted molar refractivity (Wildman–Crippen MR) is 58.8 cm³/mol. The maximum absolute atomic E-state index is 11.3. The normalized spacial score (nSPS) is 38.1. The summed E-state index contributed by atoms with van der Waals surface area (Å²) in [5.74, 6) is 0. The van der Waals surface area contributed by atoms with Gasteiger partial charge in [-0.15, -0.1) is 0 Å².